The van der Waals surface area contributed by atoms with Crippen LogP contribution in [0.4, 0.5) is 0 Å². The summed E-state index contributed by atoms with van der Waals surface area (Å²) in [5.74, 6) is 0.946. The van der Waals surface area contributed by atoms with Crippen LogP contribution in [0.5, 0.6) is 0 Å². The van der Waals surface area contributed by atoms with Gasteiger partial charge < -0.3 is 10.6 Å². The third kappa shape index (κ3) is 5.38. The van der Waals surface area contributed by atoms with Crippen LogP contribution in [-0.2, 0) is 6.42 Å². The van der Waals surface area contributed by atoms with Gasteiger partial charge in [-0.25, -0.2) is 4.68 Å². The van der Waals surface area contributed by atoms with Gasteiger partial charge in [0, 0.05) is 44.5 Å². The van der Waals surface area contributed by atoms with Crippen LogP contribution in [0.25, 0.3) is 5.69 Å². The van der Waals surface area contributed by atoms with Gasteiger partial charge in [0.05, 0.1) is 11.9 Å². The van der Waals surface area contributed by atoms with Crippen molar-refractivity contribution in [1.29, 1.82) is 0 Å². The average Bonchev–Trinajstić information content (AvgIpc) is 3.50. The van der Waals surface area contributed by atoms with E-state index >= 15 is 0 Å². The molecule has 2 aromatic rings. The number of guanidine groups is 1. The van der Waals surface area contributed by atoms with E-state index in [2.05, 4.69) is 45.9 Å². The van der Waals surface area contributed by atoms with E-state index in [9.17, 15) is 0 Å². The van der Waals surface area contributed by atoms with Crippen molar-refractivity contribution in [2.75, 3.05) is 26.2 Å². The maximum Gasteiger partial charge on any atom is 0.191 e. The molecule has 1 atom stereocenters. The molecule has 29 heavy (non-hydrogen) atoms. The van der Waals surface area contributed by atoms with Gasteiger partial charge in [0.2, 0.25) is 0 Å². The lowest BCUT2D eigenvalue weighted by Gasteiger charge is -2.24. The maximum atomic E-state index is 4.82. The lowest BCUT2D eigenvalue weighted by molar-refractivity contribution is 0.242. The third-order valence-corrected chi connectivity index (χ3v) is 6.07. The van der Waals surface area contributed by atoms with E-state index in [0.29, 0.717) is 6.04 Å². The quantitative estimate of drug-likeness (QED) is 0.560. The van der Waals surface area contributed by atoms with Gasteiger partial charge in [-0.2, -0.15) is 5.10 Å². The second kappa shape index (κ2) is 9.92. The van der Waals surface area contributed by atoms with Gasteiger partial charge in [0.25, 0.3) is 0 Å². The van der Waals surface area contributed by atoms with E-state index in [4.69, 9.17) is 4.99 Å². The van der Waals surface area contributed by atoms with E-state index in [-0.39, 0.29) is 0 Å². The fourth-order valence-electron chi connectivity index (χ4n) is 4.53. The van der Waals surface area contributed by atoms with Gasteiger partial charge in [0.15, 0.2) is 5.96 Å². The second-order valence-corrected chi connectivity index (χ2v) is 8.20. The number of aliphatic imine (C=N–C) groups is 1. The zero-order valence-corrected chi connectivity index (χ0v) is 17.6. The zero-order chi connectivity index (χ0) is 19.9. The molecule has 0 spiro atoms. The van der Waals surface area contributed by atoms with Crippen LogP contribution in [0.2, 0.25) is 0 Å². The summed E-state index contributed by atoms with van der Waals surface area (Å²) in [5, 5.41) is 11.6. The molecule has 2 heterocycles. The molecule has 2 fully saturated rings. The highest BCUT2D eigenvalue weighted by atomic mass is 15.3. The highest BCUT2D eigenvalue weighted by Crippen LogP contribution is 2.26. The molecule has 4 rings (SSSR count). The molecule has 1 unspecified atom stereocenters. The molecule has 6 heteroatoms. The molecule has 156 valence electrons. The van der Waals surface area contributed by atoms with Crippen LogP contribution in [0, 0.1) is 0 Å². The Labute approximate surface area is 174 Å². The van der Waals surface area contributed by atoms with Crippen molar-refractivity contribution in [3.8, 4) is 5.69 Å². The van der Waals surface area contributed by atoms with E-state index in [1.165, 1.54) is 44.2 Å². The number of para-hydroxylation sites is 1. The first-order valence-corrected chi connectivity index (χ1v) is 11.2. The van der Waals surface area contributed by atoms with Crippen LogP contribution in [0.15, 0.2) is 47.7 Å². The molecule has 1 aliphatic heterocycles. The van der Waals surface area contributed by atoms with E-state index < -0.39 is 0 Å². The second-order valence-electron chi connectivity index (χ2n) is 8.20. The Balaban J connectivity index is 1.28. The highest BCUT2D eigenvalue weighted by molar-refractivity contribution is 5.80. The lowest BCUT2D eigenvalue weighted by atomic mass is 10.2. The predicted molar refractivity (Wildman–Crippen MR) is 119 cm³/mol. The largest absolute Gasteiger partial charge is 0.357 e. The average molecular weight is 395 g/mol. The van der Waals surface area contributed by atoms with E-state index in [1.54, 1.807) is 0 Å². The first-order chi connectivity index (χ1) is 14.3. The van der Waals surface area contributed by atoms with Gasteiger partial charge in [-0.1, -0.05) is 31.0 Å². The molecular weight excluding hydrogens is 360 g/mol. The summed E-state index contributed by atoms with van der Waals surface area (Å²) in [4.78, 5) is 7.50. The van der Waals surface area contributed by atoms with Crippen molar-refractivity contribution in [3.05, 3.63) is 48.3 Å². The summed E-state index contributed by atoms with van der Waals surface area (Å²) >= 11 is 0. The Hall–Kier alpha value is -2.34. The molecule has 1 aromatic carbocycles. The number of rotatable bonds is 7. The van der Waals surface area contributed by atoms with Crippen molar-refractivity contribution >= 4 is 5.96 Å². The number of nitrogens with zero attached hydrogens (tertiary/aromatic N) is 4. The highest BCUT2D eigenvalue weighted by Gasteiger charge is 2.30. The van der Waals surface area contributed by atoms with Crippen molar-refractivity contribution < 1.29 is 0 Å². The minimum absolute atomic E-state index is 0.509. The van der Waals surface area contributed by atoms with Crippen molar-refractivity contribution in [3.63, 3.8) is 0 Å². The van der Waals surface area contributed by atoms with Crippen molar-refractivity contribution in [2.45, 2.75) is 57.5 Å². The summed E-state index contributed by atoms with van der Waals surface area (Å²) in [6.45, 7) is 6.14. The summed E-state index contributed by atoms with van der Waals surface area (Å²) in [7, 11) is 0. The van der Waals surface area contributed by atoms with Crippen LogP contribution in [0.1, 0.15) is 44.6 Å². The first kappa shape index (κ1) is 20.0. The fourth-order valence-corrected chi connectivity index (χ4v) is 4.53. The van der Waals surface area contributed by atoms with Crippen molar-refractivity contribution in [2.24, 2.45) is 4.99 Å². The zero-order valence-electron chi connectivity index (χ0n) is 17.6. The van der Waals surface area contributed by atoms with Gasteiger partial charge in [0.1, 0.15) is 0 Å². The fraction of sp³-hybridized carbons (Fsp3) is 0.565. The minimum atomic E-state index is 0.509. The molecule has 1 saturated heterocycles. The maximum absolute atomic E-state index is 4.82. The molecule has 0 amide bonds. The van der Waals surface area contributed by atoms with Gasteiger partial charge in [-0.15, -0.1) is 0 Å². The van der Waals surface area contributed by atoms with Crippen LogP contribution >= 0.6 is 0 Å². The number of hydrogen-bond acceptors (Lipinski definition) is 3. The van der Waals surface area contributed by atoms with Gasteiger partial charge in [-0.3, -0.25) is 9.89 Å². The smallest absolute Gasteiger partial charge is 0.191 e. The molecule has 0 bridgehead atoms. The molecule has 1 saturated carbocycles. The summed E-state index contributed by atoms with van der Waals surface area (Å²) < 4.78 is 1.93. The van der Waals surface area contributed by atoms with Gasteiger partial charge >= 0.3 is 0 Å². The SMILES string of the molecule is CCNC(=NCCc1cnn(-c2ccccc2)c1)NC1CCN(C2CCCC2)C1. The summed E-state index contributed by atoms with van der Waals surface area (Å²) in [6.07, 6.45) is 11.7. The number of nitrogens with one attached hydrogen (secondary N) is 2. The predicted octanol–water partition coefficient (Wildman–Crippen LogP) is 2.99. The van der Waals surface area contributed by atoms with Crippen LogP contribution in [-0.4, -0.2) is 58.9 Å². The molecular formula is C23H34N6. The summed E-state index contributed by atoms with van der Waals surface area (Å²) in [6, 6.07) is 11.6. The number of hydrogen-bond donors (Lipinski definition) is 2. The van der Waals surface area contributed by atoms with E-state index in [1.807, 2.05) is 29.1 Å². The number of benzene rings is 1. The van der Waals surface area contributed by atoms with Gasteiger partial charge in [-0.05, 0) is 50.3 Å². The Bertz CT molecular complexity index is 778. The van der Waals surface area contributed by atoms with Crippen LogP contribution < -0.4 is 10.6 Å². The molecule has 1 aromatic heterocycles. The normalized spacial score (nSPS) is 21.0. The Morgan fingerprint density at radius 1 is 1.17 bits per heavy atom. The Morgan fingerprint density at radius 3 is 2.79 bits per heavy atom. The van der Waals surface area contributed by atoms with Crippen LogP contribution in [0.3, 0.4) is 0 Å². The molecule has 2 aliphatic rings. The van der Waals surface area contributed by atoms with E-state index in [0.717, 1.165) is 43.7 Å². The molecule has 0 radical (unpaired) electrons. The molecule has 6 nitrogen and oxygen atoms in total. The topological polar surface area (TPSA) is 57.5 Å². The standard InChI is InChI=1S/C23H34N6/c1-2-24-23(27-20-13-15-28(18-20)21-8-6-7-9-21)25-14-12-19-16-26-29(17-19)22-10-4-3-5-11-22/h3-5,10-11,16-17,20-21H,2,6-9,12-15,18H2,1H3,(H2,24,25,27). The number of aromatic nitrogens is 2. The minimum Gasteiger partial charge on any atom is -0.357 e. The third-order valence-electron chi connectivity index (χ3n) is 6.07. The Kier molecular flexibility index (Phi) is 6.83. The summed E-state index contributed by atoms with van der Waals surface area (Å²) in [5.41, 5.74) is 2.30. The molecule has 2 N–H and O–H groups in total. The molecule has 1 aliphatic carbocycles. The first-order valence-electron chi connectivity index (χ1n) is 11.2. The number of likely N-dealkylation sites (tertiary alicyclic amines) is 1. The lowest BCUT2D eigenvalue weighted by Crippen LogP contribution is -2.45. The van der Waals surface area contributed by atoms with Crippen molar-refractivity contribution in [1.82, 2.24) is 25.3 Å². The Morgan fingerprint density at radius 2 is 2.00 bits per heavy atom. The monoisotopic (exact) mass is 394 g/mol.